The largest absolute Gasteiger partial charge is 0.477 e. The monoisotopic (exact) mass is 237 g/mol. The van der Waals surface area contributed by atoms with Gasteiger partial charge in [0.25, 0.3) is 0 Å². The van der Waals surface area contributed by atoms with Crippen molar-refractivity contribution in [2.45, 2.75) is 52.9 Å². The van der Waals surface area contributed by atoms with E-state index in [2.05, 4.69) is 37.7 Å². The van der Waals surface area contributed by atoms with Crippen LogP contribution >= 0.6 is 0 Å². The van der Waals surface area contributed by atoms with Gasteiger partial charge in [-0.25, -0.2) is 4.98 Å². The zero-order valence-corrected chi connectivity index (χ0v) is 11.5. The maximum absolute atomic E-state index is 5.89. The van der Waals surface area contributed by atoms with E-state index in [9.17, 15) is 0 Å². The average Bonchev–Trinajstić information content (AvgIpc) is 2.22. The molecule has 1 aromatic heterocycles. The second kappa shape index (κ2) is 5.34. The van der Waals surface area contributed by atoms with Crippen LogP contribution in [0.15, 0.2) is 0 Å². The molecule has 4 heteroatoms. The number of nitrogens with two attached hydrogens (primary N) is 1. The maximum atomic E-state index is 5.89. The normalized spacial score (nSPS) is 11.6. The molecule has 0 saturated carbocycles. The molecule has 4 nitrogen and oxygen atoms in total. The summed E-state index contributed by atoms with van der Waals surface area (Å²) in [6.07, 6.45) is 2.12. The summed E-state index contributed by atoms with van der Waals surface area (Å²) >= 11 is 0. The molecule has 1 aromatic rings. The molecule has 0 unspecified atom stereocenters. The first-order valence-electron chi connectivity index (χ1n) is 6.13. The van der Waals surface area contributed by atoms with Gasteiger partial charge in [-0.05, 0) is 13.3 Å². The highest BCUT2D eigenvalue weighted by molar-refractivity contribution is 5.45. The minimum Gasteiger partial charge on any atom is -0.477 e. The molecule has 1 heterocycles. The lowest BCUT2D eigenvalue weighted by atomic mass is 9.95. The van der Waals surface area contributed by atoms with Gasteiger partial charge >= 0.3 is 0 Å². The Bertz CT molecular complexity index is 383. The fourth-order valence-corrected chi connectivity index (χ4v) is 1.30. The van der Waals surface area contributed by atoms with Gasteiger partial charge in [-0.15, -0.1) is 0 Å². The molecule has 0 spiro atoms. The van der Waals surface area contributed by atoms with E-state index in [1.54, 1.807) is 0 Å². The van der Waals surface area contributed by atoms with Crippen LogP contribution in [-0.2, 0) is 5.41 Å². The minimum absolute atomic E-state index is 0.120. The van der Waals surface area contributed by atoms with Crippen LogP contribution in [0.2, 0.25) is 0 Å². The highest BCUT2D eigenvalue weighted by Gasteiger charge is 2.20. The number of aromatic nitrogens is 2. The van der Waals surface area contributed by atoms with Crippen molar-refractivity contribution < 1.29 is 4.74 Å². The van der Waals surface area contributed by atoms with Gasteiger partial charge in [0.05, 0.1) is 12.2 Å². The Morgan fingerprint density at radius 1 is 1.24 bits per heavy atom. The lowest BCUT2D eigenvalue weighted by molar-refractivity contribution is 0.292. The summed E-state index contributed by atoms with van der Waals surface area (Å²) in [4.78, 5) is 8.78. The summed E-state index contributed by atoms with van der Waals surface area (Å²) in [5.74, 6) is 1.86. The molecule has 0 aliphatic heterocycles. The Hall–Kier alpha value is -1.32. The van der Waals surface area contributed by atoms with Gasteiger partial charge in [-0.3, -0.25) is 0 Å². The van der Waals surface area contributed by atoms with Crippen molar-refractivity contribution in [2.75, 3.05) is 12.3 Å². The molecule has 17 heavy (non-hydrogen) atoms. The molecule has 0 radical (unpaired) electrons. The zero-order chi connectivity index (χ0) is 13.1. The minimum atomic E-state index is -0.120. The number of anilines is 1. The fraction of sp³-hybridized carbons (Fsp3) is 0.692. The number of nitrogen functional groups attached to an aromatic ring is 1. The van der Waals surface area contributed by atoms with Gasteiger partial charge in [0.15, 0.2) is 0 Å². The molecular weight excluding hydrogens is 214 g/mol. The predicted octanol–water partition coefficient (Wildman–Crippen LogP) is 2.84. The Morgan fingerprint density at radius 2 is 1.88 bits per heavy atom. The highest BCUT2D eigenvalue weighted by Crippen LogP contribution is 2.26. The van der Waals surface area contributed by atoms with Crippen molar-refractivity contribution in [3.05, 3.63) is 11.4 Å². The van der Waals surface area contributed by atoms with Crippen molar-refractivity contribution in [3.63, 3.8) is 0 Å². The standard InChI is InChI=1S/C13H23N3O/c1-6-7-8-17-11-9(2)10(14)15-12(16-11)13(3,4)5/h6-8H2,1-5H3,(H2,14,15,16). The number of unbranched alkanes of at least 4 members (excludes halogenated alkanes) is 1. The second-order valence-corrected chi connectivity index (χ2v) is 5.31. The Balaban J connectivity index is 2.99. The Morgan fingerprint density at radius 3 is 2.41 bits per heavy atom. The third kappa shape index (κ3) is 3.58. The summed E-state index contributed by atoms with van der Waals surface area (Å²) < 4.78 is 5.66. The molecule has 0 aliphatic rings. The molecule has 1 rings (SSSR count). The molecule has 0 aliphatic carbocycles. The lowest BCUT2D eigenvalue weighted by Gasteiger charge is -2.19. The maximum Gasteiger partial charge on any atom is 0.221 e. The first-order valence-corrected chi connectivity index (χ1v) is 6.13. The highest BCUT2D eigenvalue weighted by atomic mass is 16.5. The van der Waals surface area contributed by atoms with Gasteiger partial charge in [-0.2, -0.15) is 4.98 Å². The number of ether oxygens (including phenoxy) is 1. The first-order chi connectivity index (χ1) is 7.86. The third-order valence-electron chi connectivity index (χ3n) is 2.55. The number of rotatable bonds is 4. The van der Waals surface area contributed by atoms with Crippen molar-refractivity contribution in [1.82, 2.24) is 9.97 Å². The van der Waals surface area contributed by atoms with E-state index in [0.717, 1.165) is 24.2 Å². The van der Waals surface area contributed by atoms with Gasteiger partial charge in [0, 0.05) is 5.41 Å². The van der Waals surface area contributed by atoms with Crippen LogP contribution in [-0.4, -0.2) is 16.6 Å². The van der Waals surface area contributed by atoms with Crippen LogP contribution in [0, 0.1) is 6.92 Å². The van der Waals surface area contributed by atoms with Crippen molar-refractivity contribution >= 4 is 5.82 Å². The van der Waals surface area contributed by atoms with Crippen LogP contribution in [0.1, 0.15) is 51.9 Å². The van der Waals surface area contributed by atoms with E-state index in [0.29, 0.717) is 18.3 Å². The smallest absolute Gasteiger partial charge is 0.221 e. The molecule has 0 atom stereocenters. The van der Waals surface area contributed by atoms with Gasteiger partial charge < -0.3 is 10.5 Å². The SMILES string of the molecule is CCCCOc1nc(C(C)(C)C)nc(N)c1C. The molecule has 0 fully saturated rings. The third-order valence-corrected chi connectivity index (χ3v) is 2.55. The van der Waals surface area contributed by atoms with E-state index in [1.807, 2.05) is 6.92 Å². The summed E-state index contributed by atoms with van der Waals surface area (Å²) in [5, 5.41) is 0. The zero-order valence-electron chi connectivity index (χ0n) is 11.5. The van der Waals surface area contributed by atoms with Crippen LogP contribution in [0.3, 0.4) is 0 Å². The molecular formula is C13H23N3O. The van der Waals surface area contributed by atoms with Crippen molar-refractivity contribution in [2.24, 2.45) is 0 Å². The van der Waals surface area contributed by atoms with E-state index in [4.69, 9.17) is 10.5 Å². The van der Waals surface area contributed by atoms with Gasteiger partial charge in [0.1, 0.15) is 11.6 Å². The summed E-state index contributed by atoms with van der Waals surface area (Å²) in [7, 11) is 0. The van der Waals surface area contributed by atoms with Crippen LogP contribution in [0.5, 0.6) is 5.88 Å². The fourth-order valence-electron chi connectivity index (χ4n) is 1.30. The van der Waals surface area contributed by atoms with Crippen LogP contribution < -0.4 is 10.5 Å². The lowest BCUT2D eigenvalue weighted by Crippen LogP contribution is -2.18. The Labute approximate surface area is 104 Å². The Kier molecular flexibility index (Phi) is 4.32. The van der Waals surface area contributed by atoms with E-state index in [1.165, 1.54) is 0 Å². The molecule has 2 N–H and O–H groups in total. The summed E-state index contributed by atoms with van der Waals surface area (Å²) in [5.41, 5.74) is 6.60. The van der Waals surface area contributed by atoms with Gasteiger partial charge in [-0.1, -0.05) is 34.1 Å². The number of hydrogen-bond acceptors (Lipinski definition) is 4. The number of hydrogen-bond donors (Lipinski definition) is 1. The first kappa shape index (κ1) is 13.7. The van der Waals surface area contributed by atoms with Crippen molar-refractivity contribution in [1.29, 1.82) is 0 Å². The molecule has 0 saturated heterocycles. The van der Waals surface area contributed by atoms with Crippen LogP contribution in [0.25, 0.3) is 0 Å². The molecule has 0 aromatic carbocycles. The quantitative estimate of drug-likeness (QED) is 0.818. The predicted molar refractivity (Wildman–Crippen MR) is 70.3 cm³/mol. The van der Waals surface area contributed by atoms with Crippen LogP contribution in [0.4, 0.5) is 5.82 Å². The number of nitrogens with zero attached hydrogens (tertiary/aromatic N) is 2. The molecule has 96 valence electrons. The molecule has 0 amide bonds. The summed E-state index contributed by atoms with van der Waals surface area (Å²) in [6.45, 7) is 10.9. The summed E-state index contributed by atoms with van der Waals surface area (Å²) in [6, 6.07) is 0. The molecule has 0 bridgehead atoms. The van der Waals surface area contributed by atoms with Gasteiger partial charge in [0.2, 0.25) is 5.88 Å². The average molecular weight is 237 g/mol. The van der Waals surface area contributed by atoms with E-state index >= 15 is 0 Å². The van der Waals surface area contributed by atoms with Crippen molar-refractivity contribution in [3.8, 4) is 5.88 Å². The van der Waals surface area contributed by atoms with E-state index in [-0.39, 0.29) is 5.41 Å². The van der Waals surface area contributed by atoms with E-state index < -0.39 is 0 Å². The second-order valence-electron chi connectivity index (χ2n) is 5.31. The topological polar surface area (TPSA) is 61.0 Å².